The van der Waals surface area contributed by atoms with Crippen LogP contribution in [0.15, 0.2) is 11.1 Å². The topological polar surface area (TPSA) is 50.1 Å². The zero-order valence-electron chi connectivity index (χ0n) is 9.12. The molecular formula is C12H15NO2. The van der Waals surface area contributed by atoms with Crippen molar-refractivity contribution in [3.8, 4) is 6.07 Å². The maximum Gasteiger partial charge on any atom is 0.349 e. The Labute approximate surface area is 89.7 Å². The Morgan fingerprint density at radius 1 is 1.47 bits per heavy atom. The van der Waals surface area contributed by atoms with Gasteiger partial charge in [-0.05, 0) is 37.7 Å². The molecule has 1 saturated carbocycles. The monoisotopic (exact) mass is 205 g/mol. The van der Waals surface area contributed by atoms with Gasteiger partial charge in [0.25, 0.3) is 0 Å². The Morgan fingerprint density at radius 3 is 2.87 bits per heavy atom. The van der Waals surface area contributed by atoms with Gasteiger partial charge in [0.2, 0.25) is 0 Å². The molecule has 0 bridgehead atoms. The number of carbonyl (C=O) groups excluding carboxylic acids is 1. The summed E-state index contributed by atoms with van der Waals surface area (Å²) in [7, 11) is 0. The molecule has 1 aliphatic heterocycles. The molecule has 0 spiro atoms. The second-order valence-corrected chi connectivity index (χ2v) is 4.64. The van der Waals surface area contributed by atoms with E-state index in [9.17, 15) is 4.79 Å². The number of rotatable bonds is 0. The quantitative estimate of drug-likeness (QED) is 0.569. The molecule has 3 heteroatoms. The Balaban J connectivity index is 2.33. The van der Waals surface area contributed by atoms with Crippen molar-refractivity contribution >= 4 is 5.97 Å². The third-order valence-corrected chi connectivity index (χ3v) is 3.57. The predicted octanol–water partition coefficient (Wildman–Crippen LogP) is 2.19. The first-order valence-electron chi connectivity index (χ1n) is 5.45. The molecule has 0 radical (unpaired) electrons. The number of hydrogen-bond donors (Lipinski definition) is 0. The first-order valence-corrected chi connectivity index (χ1v) is 5.45. The number of nitriles is 1. The van der Waals surface area contributed by atoms with Crippen molar-refractivity contribution in [3.05, 3.63) is 11.1 Å². The molecule has 1 aliphatic carbocycles. The van der Waals surface area contributed by atoms with Gasteiger partial charge in [0.1, 0.15) is 17.7 Å². The van der Waals surface area contributed by atoms with Crippen LogP contribution >= 0.6 is 0 Å². The summed E-state index contributed by atoms with van der Waals surface area (Å²) in [6, 6.07) is 1.96. The number of nitrogens with zero attached hydrogens (tertiary/aromatic N) is 1. The van der Waals surface area contributed by atoms with Gasteiger partial charge in [0.15, 0.2) is 0 Å². The number of ether oxygens (including phenoxy) is 1. The number of carbonyl (C=O) groups is 1. The van der Waals surface area contributed by atoms with Crippen LogP contribution in [0.3, 0.4) is 0 Å². The molecule has 3 atom stereocenters. The minimum Gasteiger partial charge on any atom is -0.458 e. The highest BCUT2D eigenvalue weighted by Gasteiger charge is 2.38. The van der Waals surface area contributed by atoms with Crippen molar-refractivity contribution in [1.29, 1.82) is 5.26 Å². The maximum absolute atomic E-state index is 11.5. The van der Waals surface area contributed by atoms with Gasteiger partial charge < -0.3 is 4.74 Å². The van der Waals surface area contributed by atoms with Gasteiger partial charge in [-0.15, -0.1) is 0 Å². The van der Waals surface area contributed by atoms with Crippen LogP contribution < -0.4 is 0 Å². The van der Waals surface area contributed by atoms with Gasteiger partial charge in [-0.2, -0.15) is 5.26 Å². The molecule has 0 aromatic rings. The molecule has 3 unspecified atom stereocenters. The standard InChI is InChI=1S/C12H15NO2/c1-7-3-4-11-9(5-7)8(2)10(6-13)12(14)15-11/h7,9,11H,3-5H2,1-2H3. The Bertz CT molecular complexity index is 364. The Morgan fingerprint density at radius 2 is 2.20 bits per heavy atom. The van der Waals surface area contributed by atoms with Gasteiger partial charge in [0, 0.05) is 5.92 Å². The molecule has 0 aromatic carbocycles. The normalized spacial score (nSPS) is 35.5. The fraction of sp³-hybridized carbons (Fsp3) is 0.667. The molecule has 0 saturated heterocycles. The molecule has 80 valence electrons. The fourth-order valence-electron chi connectivity index (χ4n) is 2.63. The molecule has 15 heavy (non-hydrogen) atoms. The summed E-state index contributed by atoms with van der Waals surface area (Å²) in [5.41, 5.74) is 1.16. The van der Waals surface area contributed by atoms with Crippen LogP contribution in [0.5, 0.6) is 0 Å². The van der Waals surface area contributed by atoms with Gasteiger partial charge in [-0.1, -0.05) is 6.92 Å². The van der Waals surface area contributed by atoms with Crippen LogP contribution in [0.2, 0.25) is 0 Å². The maximum atomic E-state index is 11.5. The number of fused-ring (bicyclic) bond motifs is 1. The van der Waals surface area contributed by atoms with E-state index < -0.39 is 5.97 Å². The zero-order chi connectivity index (χ0) is 11.0. The lowest BCUT2D eigenvalue weighted by atomic mass is 9.74. The summed E-state index contributed by atoms with van der Waals surface area (Å²) in [5, 5.41) is 8.88. The molecular weight excluding hydrogens is 190 g/mol. The van der Waals surface area contributed by atoms with E-state index in [1.807, 2.05) is 13.0 Å². The summed E-state index contributed by atoms with van der Waals surface area (Å²) >= 11 is 0. The van der Waals surface area contributed by atoms with E-state index in [1.165, 1.54) is 0 Å². The van der Waals surface area contributed by atoms with Crippen molar-refractivity contribution in [1.82, 2.24) is 0 Å². The van der Waals surface area contributed by atoms with Crippen LogP contribution in [-0.4, -0.2) is 12.1 Å². The van der Waals surface area contributed by atoms with Crippen molar-refractivity contribution in [2.45, 2.75) is 39.2 Å². The fourth-order valence-corrected chi connectivity index (χ4v) is 2.63. The van der Waals surface area contributed by atoms with Crippen molar-refractivity contribution < 1.29 is 9.53 Å². The van der Waals surface area contributed by atoms with Crippen LogP contribution in [0.25, 0.3) is 0 Å². The predicted molar refractivity (Wildman–Crippen MR) is 54.7 cm³/mol. The lowest BCUT2D eigenvalue weighted by Crippen LogP contribution is -2.38. The van der Waals surface area contributed by atoms with E-state index in [1.54, 1.807) is 0 Å². The zero-order valence-corrected chi connectivity index (χ0v) is 9.12. The molecule has 2 rings (SSSR count). The highest BCUT2D eigenvalue weighted by Crippen LogP contribution is 2.39. The van der Waals surface area contributed by atoms with Gasteiger partial charge in [0.05, 0.1) is 0 Å². The third-order valence-electron chi connectivity index (χ3n) is 3.57. The summed E-state index contributed by atoms with van der Waals surface area (Å²) in [6.07, 6.45) is 3.11. The minimum atomic E-state index is -0.425. The van der Waals surface area contributed by atoms with Crippen molar-refractivity contribution in [2.24, 2.45) is 11.8 Å². The van der Waals surface area contributed by atoms with E-state index in [0.717, 1.165) is 24.8 Å². The third kappa shape index (κ3) is 1.65. The van der Waals surface area contributed by atoms with E-state index in [-0.39, 0.29) is 17.6 Å². The highest BCUT2D eigenvalue weighted by molar-refractivity contribution is 5.94. The van der Waals surface area contributed by atoms with Crippen LogP contribution in [0, 0.1) is 23.2 Å². The van der Waals surface area contributed by atoms with E-state index in [4.69, 9.17) is 10.00 Å². The van der Waals surface area contributed by atoms with E-state index in [2.05, 4.69) is 6.92 Å². The molecule has 1 heterocycles. The molecule has 0 aromatic heterocycles. The highest BCUT2D eigenvalue weighted by atomic mass is 16.5. The summed E-state index contributed by atoms with van der Waals surface area (Å²) in [5.74, 6) is 0.518. The SMILES string of the molecule is CC1=C(C#N)C(=O)OC2CCC(C)CC12. The van der Waals surface area contributed by atoms with E-state index >= 15 is 0 Å². The van der Waals surface area contributed by atoms with Gasteiger partial charge in [-0.25, -0.2) is 4.79 Å². The largest absolute Gasteiger partial charge is 0.458 e. The first kappa shape index (κ1) is 10.2. The number of hydrogen-bond acceptors (Lipinski definition) is 3. The minimum absolute atomic E-state index is 0.0193. The summed E-state index contributed by atoms with van der Waals surface area (Å²) < 4.78 is 5.29. The van der Waals surface area contributed by atoms with Crippen molar-refractivity contribution in [2.75, 3.05) is 0 Å². The molecule has 2 aliphatic rings. The van der Waals surface area contributed by atoms with Gasteiger partial charge >= 0.3 is 5.97 Å². The van der Waals surface area contributed by atoms with Crippen LogP contribution in [0.1, 0.15) is 33.1 Å². The molecule has 3 nitrogen and oxygen atoms in total. The molecule has 0 amide bonds. The number of esters is 1. The van der Waals surface area contributed by atoms with Gasteiger partial charge in [-0.3, -0.25) is 0 Å². The average molecular weight is 205 g/mol. The second-order valence-electron chi connectivity index (χ2n) is 4.64. The second kappa shape index (κ2) is 3.69. The lowest BCUT2D eigenvalue weighted by molar-refractivity contribution is -0.150. The molecule has 0 N–H and O–H groups in total. The van der Waals surface area contributed by atoms with Crippen LogP contribution in [0.4, 0.5) is 0 Å². The molecule has 1 fully saturated rings. The van der Waals surface area contributed by atoms with Crippen molar-refractivity contribution in [3.63, 3.8) is 0 Å². The lowest BCUT2D eigenvalue weighted by Gasteiger charge is -2.38. The van der Waals surface area contributed by atoms with E-state index in [0.29, 0.717) is 5.92 Å². The first-order chi connectivity index (χ1) is 7.13. The Kier molecular flexibility index (Phi) is 2.52. The summed E-state index contributed by atoms with van der Waals surface area (Å²) in [6.45, 7) is 4.11. The summed E-state index contributed by atoms with van der Waals surface area (Å²) in [4.78, 5) is 11.5. The smallest absolute Gasteiger partial charge is 0.349 e. The Hall–Kier alpha value is -1.30. The average Bonchev–Trinajstić information content (AvgIpc) is 2.20. The van der Waals surface area contributed by atoms with Crippen LogP contribution in [-0.2, 0) is 9.53 Å².